The largest absolute Gasteiger partial charge is 0.469 e. The summed E-state index contributed by atoms with van der Waals surface area (Å²) in [5.74, 6) is 3.41. The Morgan fingerprint density at radius 3 is 2.59 bits per heavy atom. The van der Waals surface area contributed by atoms with Crippen LogP contribution in [0.4, 0.5) is 0 Å². The number of ketones is 1. The topological polar surface area (TPSA) is 43.4 Å². The zero-order valence-corrected chi connectivity index (χ0v) is 17.6. The van der Waals surface area contributed by atoms with Crippen LogP contribution < -0.4 is 0 Å². The Morgan fingerprint density at radius 2 is 1.81 bits per heavy atom. The molecule has 3 nitrogen and oxygen atoms in total. The summed E-state index contributed by atoms with van der Waals surface area (Å²) in [5, 5.41) is 0. The molecular formula is C24H38O3. The average molecular weight is 375 g/mol. The van der Waals surface area contributed by atoms with E-state index in [-0.39, 0.29) is 5.97 Å². The molecule has 3 heteroatoms. The normalized spacial score (nSPS) is 46.3. The molecular weight excluding hydrogens is 336 g/mol. The Hall–Kier alpha value is -0.860. The Morgan fingerprint density at radius 1 is 1.04 bits per heavy atom. The lowest BCUT2D eigenvalue weighted by atomic mass is 9.44. The molecule has 0 aromatic carbocycles. The van der Waals surface area contributed by atoms with E-state index in [4.69, 9.17) is 4.74 Å². The quantitative estimate of drug-likeness (QED) is 0.605. The maximum absolute atomic E-state index is 13.3. The van der Waals surface area contributed by atoms with Crippen molar-refractivity contribution >= 4 is 11.8 Å². The molecule has 0 amide bonds. The van der Waals surface area contributed by atoms with Crippen LogP contribution in [0, 0.1) is 40.4 Å². The van der Waals surface area contributed by atoms with Crippen molar-refractivity contribution in [3.63, 3.8) is 0 Å². The van der Waals surface area contributed by atoms with Crippen LogP contribution >= 0.6 is 0 Å². The third kappa shape index (κ3) is 3.08. The minimum absolute atomic E-state index is 0.0860. The first kappa shape index (κ1) is 19.5. The van der Waals surface area contributed by atoms with Crippen LogP contribution in [0.5, 0.6) is 0 Å². The molecule has 4 rings (SSSR count). The molecule has 0 spiro atoms. The fraction of sp³-hybridized carbons (Fsp3) is 0.917. The van der Waals surface area contributed by atoms with Gasteiger partial charge in [-0.05, 0) is 85.9 Å². The van der Waals surface area contributed by atoms with E-state index in [0.717, 1.165) is 19.3 Å². The molecule has 6 unspecified atom stereocenters. The van der Waals surface area contributed by atoms with Gasteiger partial charge in [-0.2, -0.15) is 0 Å². The number of ether oxygens (including phenoxy) is 1. The number of hydrogen-bond acceptors (Lipinski definition) is 3. The van der Waals surface area contributed by atoms with Gasteiger partial charge in [0.15, 0.2) is 0 Å². The van der Waals surface area contributed by atoms with Crippen molar-refractivity contribution in [3.05, 3.63) is 0 Å². The van der Waals surface area contributed by atoms with Crippen LogP contribution in [0.25, 0.3) is 0 Å². The molecule has 4 aliphatic rings. The van der Waals surface area contributed by atoms with E-state index in [1.807, 2.05) is 0 Å². The number of carbonyl (C=O) groups is 2. The van der Waals surface area contributed by atoms with Crippen LogP contribution in [0.3, 0.4) is 0 Å². The molecule has 27 heavy (non-hydrogen) atoms. The van der Waals surface area contributed by atoms with E-state index in [2.05, 4.69) is 13.8 Å². The SMILES string of the molecule is COC(=O)CCCC1CCC2C3C(=O)C[C@@H]4CCCCC4(C)C3CCC12C. The number of esters is 1. The summed E-state index contributed by atoms with van der Waals surface area (Å²) in [6, 6.07) is 0. The summed E-state index contributed by atoms with van der Waals surface area (Å²) >= 11 is 0. The van der Waals surface area contributed by atoms with Gasteiger partial charge in [0.25, 0.3) is 0 Å². The van der Waals surface area contributed by atoms with E-state index in [9.17, 15) is 9.59 Å². The molecule has 152 valence electrons. The molecule has 7 atom stereocenters. The van der Waals surface area contributed by atoms with Crippen molar-refractivity contribution in [1.29, 1.82) is 0 Å². The van der Waals surface area contributed by atoms with Crippen LogP contribution in [0.1, 0.15) is 90.9 Å². The van der Waals surface area contributed by atoms with E-state index < -0.39 is 0 Å². The fourth-order valence-electron chi connectivity index (χ4n) is 8.14. The minimum atomic E-state index is -0.0860. The first-order valence-corrected chi connectivity index (χ1v) is 11.5. The van der Waals surface area contributed by atoms with Gasteiger partial charge in [-0.15, -0.1) is 0 Å². The van der Waals surface area contributed by atoms with E-state index >= 15 is 0 Å². The van der Waals surface area contributed by atoms with E-state index in [0.29, 0.717) is 52.6 Å². The van der Waals surface area contributed by atoms with Gasteiger partial charge in [0.2, 0.25) is 0 Å². The molecule has 4 aliphatic carbocycles. The Balaban J connectivity index is 1.50. The van der Waals surface area contributed by atoms with Crippen molar-refractivity contribution in [2.45, 2.75) is 90.9 Å². The third-order valence-electron chi connectivity index (χ3n) is 9.75. The fourth-order valence-corrected chi connectivity index (χ4v) is 8.14. The Bertz CT molecular complexity index is 598. The summed E-state index contributed by atoms with van der Waals surface area (Å²) in [6.45, 7) is 5.01. The molecule has 0 heterocycles. The van der Waals surface area contributed by atoms with Gasteiger partial charge in [-0.1, -0.05) is 26.7 Å². The maximum Gasteiger partial charge on any atom is 0.305 e. The first-order valence-electron chi connectivity index (χ1n) is 11.5. The summed E-state index contributed by atoms with van der Waals surface area (Å²) in [4.78, 5) is 24.8. The molecule has 4 saturated carbocycles. The lowest BCUT2D eigenvalue weighted by Gasteiger charge is -2.59. The molecule has 4 fully saturated rings. The van der Waals surface area contributed by atoms with Crippen LogP contribution in [-0.4, -0.2) is 18.9 Å². The highest BCUT2D eigenvalue weighted by Gasteiger charge is 2.61. The van der Waals surface area contributed by atoms with E-state index in [1.54, 1.807) is 0 Å². The van der Waals surface area contributed by atoms with Gasteiger partial charge < -0.3 is 4.74 Å². The van der Waals surface area contributed by atoms with Crippen molar-refractivity contribution in [2.24, 2.45) is 40.4 Å². The number of carbonyl (C=O) groups excluding carboxylic acids is 2. The predicted molar refractivity (Wildman–Crippen MR) is 106 cm³/mol. The molecule has 0 bridgehead atoms. The smallest absolute Gasteiger partial charge is 0.305 e. The Kier molecular flexibility index (Phi) is 5.18. The highest BCUT2D eigenvalue weighted by Crippen LogP contribution is 2.67. The standard InChI is InChI=1S/C24H38O3/c1-23-13-5-4-7-17(23)15-20(25)22-18-11-10-16(8-6-9-21(26)27-3)24(18,2)14-12-19(22)23/h16-19,22H,4-15H2,1-3H3/t16?,17-,18?,19?,22?,23?,24?/m0/s1. The third-order valence-corrected chi connectivity index (χ3v) is 9.75. The maximum atomic E-state index is 13.3. The molecule has 0 aliphatic heterocycles. The lowest BCUT2D eigenvalue weighted by molar-refractivity contribution is -0.155. The zero-order valence-electron chi connectivity index (χ0n) is 17.6. The molecule has 0 aromatic heterocycles. The summed E-state index contributed by atoms with van der Waals surface area (Å²) in [5.41, 5.74) is 0.728. The van der Waals surface area contributed by atoms with Gasteiger partial charge in [0.05, 0.1) is 7.11 Å². The minimum Gasteiger partial charge on any atom is -0.469 e. The second kappa shape index (κ2) is 7.19. The summed E-state index contributed by atoms with van der Waals surface area (Å²) < 4.78 is 4.81. The van der Waals surface area contributed by atoms with Gasteiger partial charge in [-0.25, -0.2) is 0 Å². The number of hydrogen-bond donors (Lipinski definition) is 0. The summed E-state index contributed by atoms with van der Waals surface area (Å²) in [7, 11) is 1.48. The summed E-state index contributed by atoms with van der Waals surface area (Å²) in [6.07, 6.45) is 13.8. The van der Waals surface area contributed by atoms with Crippen molar-refractivity contribution in [2.75, 3.05) is 7.11 Å². The predicted octanol–water partition coefficient (Wildman–Crippen LogP) is 5.56. The second-order valence-corrected chi connectivity index (χ2v) is 10.6. The van der Waals surface area contributed by atoms with Crippen LogP contribution in [0.15, 0.2) is 0 Å². The number of methoxy groups -OCH3 is 1. The van der Waals surface area contributed by atoms with Gasteiger partial charge >= 0.3 is 5.97 Å². The van der Waals surface area contributed by atoms with Crippen LogP contribution in [0.2, 0.25) is 0 Å². The number of Topliss-reactive ketones (excluding diaryl/α,β-unsaturated/α-hetero) is 1. The zero-order chi connectivity index (χ0) is 19.2. The highest BCUT2D eigenvalue weighted by molar-refractivity contribution is 5.83. The molecule has 0 saturated heterocycles. The van der Waals surface area contributed by atoms with E-state index in [1.165, 1.54) is 58.5 Å². The highest BCUT2D eigenvalue weighted by atomic mass is 16.5. The molecule has 0 N–H and O–H groups in total. The second-order valence-electron chi connectivity index (χ2n) is 10.6. The van der Waals surface area contributed by atoms with Crippen LogP contribution in [-0.2, 0) is 14.3 Å². The van der Waals surface area contributed by atoms with Gasteiger partial charge in [0.1, 0.15) is 5.78 Å². The average Bonchev–Trinajstić information content (AvgIpc) is 2.98. The van der Waals surface area contributed by atoms with Crippen molar-refractivity contribution < 1.29 is 14.3 Å². The number of rotatable bonds is 4. The van der Waals surface area contributed by atoms with Crippen molar-refractivity contribution in [3.8, 4) is 0 Å². The Labute approximate surface area is 165 Å². The first-order chi connectivity index (χ1) is 12.9. The molecule has 0 aromatic rings. The van der Waals surface area contributed by atoms with Gasteiger partial charge in [-0.3, -0.25) is 9.59 Å². The number of fused-ring (bicyclic) bond motifs is 5. The van der Waals surface area contributed by atoms with Gasteiger partial charge in [0, 0.05) is 18.8 Å². The van der Waals surface area contributed by atoms with Crippen molar-refractivity contribution in [1.82, 2.24) is 0 Å². The molecule has 0 radical (unpaired) electrons. The monoisotopic (exact) mass is 374 g/mol. The lowest BCUT2D eigenvalue weighted by Crippen LogP contribution is -2.56.